The Hall–Kier alpha value is -0.780. The summed E-state index contributed by atoms with van der Waals surface area (Å²) in [4.78, 5) is 0. The van der Waals surface area contributed by atoms with E-state index < -0.39 is 0 Å². The lowest BCUT2D eigenvalue weighted by Gasteiger charge is -2.29. The Bertz CT molecular complexity index is 326. The van der Waals surface area contributed by atoms with Gasteiger partial charge in [0, 0.05) is 0 Å². The quantitative estimate of drug-likeness (QED) is 0.630. The van der Waals surface area contributed by atoms with Gasteiger partial charge >= 0.3 is 0 Å². The van der Waals surface area contributed by atoms with Gasteiger partial charge < -0.3 is 0 Å². The van der Waals surface area contributed by atoms with Gasteiger partial charge in [0.25, 0.3) is 0 Å². The van der Waals surface area contributed by atoms with E-state index in [4.69, 9.17) is 0 Å². The van der Waals surface area contributed by atoms with Crippen molar-refractivity contribution in [2.24, 2.45) is 0 Å². The molecule has 1 aromatic carbocycles. The second kappa shape index (κ2) is 4.24. The molecule has 0 aliphatic carbocycles. The Morgan fingerprint density at radius 3 is 1.44 bits per heavy atom. The van der Waals surface area contributed by atoms with E-state index in [2.05, 4.69) is 73.1 Å². The molecule has 0 fully saturated rings. The average Bonchev–Trinajstić information content (AvgIpc) is 2.13. The lowest BCUT2D eigenvalue weighted by molar-refractivity contribution is 0.562. The van der Waals surface area contributed by atoms with Crippen LogP contribution in [0.2, 0.25) is 0 Å². The van der Waals surface area contributed by atoms with E-state index in [0.717, 1.165) is 0 Å². The van der Waals surface area contributed by atoms with E-state index in [1.165, 1.54) is 16.7 Å². The first-order valence-electron chi connectivity index (χ1n) is 6.11. The van der Waals surface area contributed by atoms with E-state index in [1.807, 2.05) is 0 Å². The fourth-order valence-electron chi connectivity index (χ4n) is 2.18. The van der Waals surface area contributed by atoms with Gasteiger partial charge in [-0.1, -0.05) is 66.7 Å². The number of hydrogen-bond donors (Lipinski definition) is 0. The zero-order chi connectivity index (χ0) is 12.6. The SMILES string of the molecule is C[CH]c1c(C(C)(C)C)cccc1C(C)(C)C. The van der Waals surface area contributed by atoms with Crippen molar-refractivity contribution in [1.82, 2.24) is 0 Å². The normalized spacial score (nSPS) is 12.9. The van der Waals surface area contributed by atoms with Crippen molar-refractivity contribution in [3.8, 4) is 0 Å². The summed E-state index contributed by atoms with van der Waals surface area (Å²) < 4.78 is 0. The van der Waals surface area contributed by atoms with Gasteiger partial charge in [0.05, 0.1) is 0 Å². The standard InChI is InChI=1S/C16H25/c1-8-12-13(15(2,3)4)10-9-11-14(12)16(5,6)7/h8-11H,1-7H3. The zero-order valence-corrected chi connectivity index (χ0v) is 11.8. The van der Waals surface area contributed by atoms with Crippen LogP contribution < -0.4 is 0 Å². The minimum atomic E-state index is 0.211. The van der Waals surface area contributed by atoms with Crippen molar-refractivity contribution in [3.05, 3.63) is 41.3 Å². The third kappa shape index (κ3) is 2.66. The van der Waals surface area contributed by atoms with Crippen molar-refractivity contribution in [1.29, 1.82) is 0 Å². The van der Waals surface area contributed by atoms with Crippen LogP contribution in [0.1, 0.15) is 65.2 Å². The highest BCUT2D eigenvalue weighted by atomic mass is 14.3. The number of rotatable bonds is 1. The summed E-state index contributed by atoms with van der Waals surface area (Å²) in [6.45, 7) is 15.8. The largest absolute Gasteiger partial charge is 0.0617 e. The molecular weight excluding hydrogens is 192 g/mol. The predicted molar refractivity (Wildman–Crippen MR) is 72.9 cm³/mol. The molecule has 1 aromatic rings. The molecule has 0 bridgehead atoms. The fraction of sp³-hybridized carbons (Fsp3) is 0.562. The van der Waals surface area contributed by atoms with Crippen LogP contribution in [-0.2, 0) is 10.8 Å². The Morgan fingerprint density at radius 1 is 0.812 bits per heavy atom. The van der Waals surface area contributed by atoms with E-state index in [-0.39, 0.29) is 10.8 Å². The third-order valence-corrected chi connectivity index (χ3v) is 3.01. The maximum atomic E-state index is 2.28. The monoisotopic (exact) mass is 217 g/mol. The third-order valence-electron chi connectivity index (χ3n) is 3.01. The van der Waals surface area contributed by atoms with Crippen molar-refractivity contribution in [2.45, 2.75) is 59.3 Å². The van der Waals surface area contributed by atoms with Gasteiger partial charge in [-0.2, -0.15) is 0 Å². The smallest absolute Gasteiger partial charge is 0.0118 e. The van der Waals surface area contributed by atoms with Crippen molar-refractivity contribution < 1.29 is 0 Å². The molecule has 0 heteroatoms. The van der Waals surface area contributed by atoms with Gasteiger partial charge in [-0.05, 0) is 33.9 Å². The molecule has 0 N–H and O–H groups in total. The highest BCUT2D eigenvalue weighted by Crippen LogP contribution is 2.34. The minimum absolute atomic E-state index is 0.211. The number of benzene rings is 1. The molecule has 0 saturated carbocycles. The molecule has 0 spiro atoms. The van der Waals surface area contributed by atoms with Gasteiger partial charge in [-0.3, -0.25) is 0 Å². The Balaban J connectivity index is 3.45. The van der Waals surface area contributed by atoms with Crippen LogP contribution in [0.3, 0.4) is 0 Å². The maximum Gasteiger partial charge on any atom is -0.0118 e. The molecule has 16 heavy (non-hydrogen) atoms. The second-order valence-corrected chi connectivity index (χ2v) is 6.56. The van der Waals surface area contributed by atoms with Crippen LogP contribution in [0.4, 0.5) is 0 Å². The second-order valence-electron chi connectivity index (χ2n) is 6.56. The lowest BCUT2D eigenvalue weighted by atomic mass is 9.75. The van der Waals surface area contributed by atoms with Crippen LogP contribution in [0.5, 0.6) is 0 Å². The predicted octanol–water partition coefficient (Wildman–Crippen LogP) is 4.85. The van der Waals surface area contributed by atoms with E-state index >= 15 is 0 Å². The highest BCUT2D eigenvalue weighted by Gasteiger charge is 2.23. The fourth-order valence-corrected chi connectivity index (χ4v) is 2.18. The van der Waals surface area contributed by atoms with E-state index in [0.29, 0.717) is 0 Å². The molecule has 0 aromatic heterocycles. The molecule has 0 heterocycles. The Labute approximate surface area is 101 Å². The van der Waals surface area contributed by atoms with Gasteiger partial charge in [0.2, 0.25) is 0 Å². The van der Waals surface area contributed by atoms with Crippen LogP contribution in [0.15, 0.2) is 18.2 Å². The topological polar surface area (TPSA) is 0 Å². The molecule has 0 aliphatic heterocycles. The summed E-state index contributed by atoms with van der Waals surface area (Å²) in [7, 11) is 0. The van der Waals surface area contributed by atoms with Crippen LogP contribution in [0.25, 0.3) is 0 Å². The summed E-state index contributed by atoms with van der Waals surface area (Å²) in [5.41, 5.74) is 4.74. The first-order valence-corrected chi connectivity index (χ1v) is 6.11. The summed E-state index contributed by atoms with van der Waals surface area (Å²) in [6, 6.07) is 6.70. The molecule has 0 unspecified atom stereocenters. The zero-order valence-electron chi connectivity index (χ0n) is 11.8. The molecule has 0 aliphatic rings. The van der Waals surface area contributed by atoms with Gasteiger partial charge in [0.1, 0.15) is 0 Å². The van der Waals surface area contributed by atoms with Crippen molar-refractivity contribution >= 4 is 0 Å². The van der Waals surface area contributed by atoms with Gasteiger partial charge in [-0.25, -0.2) is 0 Å². The molecule has 1 rings (SSSR count). The van der Waals surface area contributed by atoms with Crippen molar-refractivity contribution in [3.63, 3.8) is 0 Å². The summed E-state index contributed by atoms with van der Waals surface area (Å²) >= 11 is 0. The Morgan fingerprint density at radius 2 is 1.19 bits per heavy atom. The first-order chi connectivity index (χ1) is 7.18. The van der Waals surface area contributed by atoms with Crippen LogP contribution >= 0.6 is 0 Å². The molecule has 0 amide bonds. The molecule has 0 saturated heterocycles. The minimum Gasteiger partial charge on any atom is -0.0617 e. The molecule has 0 atom stereocenters. The van der Waals surface area contributed by atoms with E-state index in [9.17, 15) is 0 Å². The Kier molecular flexibility index (Phi) is 3.52. The van der Waals surface area contributed by atoms with E-state index in [1.54, 1.807) is 0 Å². The first kappa shape index (κ1) is 13.3. The summed E-state index contributed by atoms with van der Waals surface area (Å²) in [6.07, 6.45) is 2.25. The summed E-state index contributed by atoms with van der Waals surface area (Å²) in [5.74, 6) is 0. The van der Waals surface area contributed by atoms with Crippen LogP contribution in [-0.4, -0.2) is 0 Å². The summed E-state index contributed by atoms with van der Waals surface area (Å²) in [5, 5.41) is 0. The van der Waals surface area contributed by atoms with Crippen molar-refractivity contribution in [2.75, 3.05) is 0 Å². The van der Waals surface area contributed by atoms with Crippen LogP contribution in [0, 0.1) is 6.42 Å². The molecule has 0 nitrogen and oxygen atoms in total. The highest BCUT2D eigenvalue weighted by molar-refractivity contribution is 5.46. The molecular formula is C16H25. The molecule has 89 valence electrons. The molecule has 1 radical (unpaired) electrons. The average molecular weight is 217 g/mol. The van der Waals surface area contributed by atoms with Gasteiger partial charge in [0.15, 0.2) is 0 Å². The maximum absolute atomic E-state index is 2.28. The van der Waals surface area contributed by atoms with Gasteiger partial charge in [-0.15, -0.1) is 0 Å². The number of hydrogen-bond acceptors (Lipinski definition) is 0. The lowest BCUT2D eigenvalue weighted by Crippen LogP contribution is -2.20.